The molecule has 1 saturated carbocycles. The number of carbonyl (C=O) groups is 3. The fourth-order valence-electron chi connectivity index (χ4n) is 4.44. The lowest BCUT2D eigenvalue weighted by Crippen LogP contribution is -2.65. The van der Waals surface area contributed by atoms with Crippen molar-refractivity contribution in [2.24, 2.45) is 5.41 Å². The first-order valence-corrected chi connectivity index (χ1v) is 9.54. The summed E-state index contributed by atoms with van der Waals surface area (Å²) in [6.45, 7) is 2.59. The first-order valence-electron chi connectivity index (χ1n) is 9.54. The molecular weight excluding hydrogens is 358 g/mol. The molecule has 1 N–H and O–H groups in total. The maximum absolute atomic E-state index is 13.3. The van der Waals surface area contributed by atoms with Crippen molar-refractivity contribution >= 4 is 17.8 Å². The number of aliphatic hydroxyl groups is 1. The highest BCUT2D eigenvalue weighted by Gasteiger charge is 2.79. The zero-order valence-corrected chi connectivity index (χ0v) is 15.8. The van der Waals surface area contributed by atoms with E-state index in [0.717, 1.165) is 19.3 Å². The molecular formula is C18H27NO8. The van der Waals surface area contributed by atoms with Crippen LogP contribution in [-0.4, -0.2) is 72.3 Å². The highest BCUT2D eigenvalue weighted by molar-refractivity contribution is 6.03. The molecule has 1 aliphatic carbocycles. The fraction of sp³-hybridized carbons (Fsp3) is 0.833. The summed E-state index contributed by atoms with van der Waals surface area (Å²) in [6.07, 6.45) is 4.18. The molecule has 27 heavy (non-hydrogen) atoms. The van der Waals surface area contributed by atoms with E-state index in [2.05, 4.69) is 0 Å². The van der Waals surface area contributed by atoms with E-state index in [9.17, 15) is 19.5 Å². The summed E-state index contributed by atoms with van der Waals surface area (Å²) in [5.41, 5.74) is -2.03. The third-order valence-corrected chi connectivity index (χ3v) is 5.67. The van der Waals surface area contributed by atoms with E-state index in [-0.39, 0.29) is 32.7 Å². The lowest BCUT2D eigenvalue weighted by molar-refractivity contribution is -0.321. The van der Waals surface area contributed by atoms with Gasteiger partial charge in [-0.05, 0) is 26.7 Å². The molecule has 2 saturated heterocycles. The number of likely N-dealkylation sites (tertiary alicyclic amines) is 1. The minimum Gasteiger partial charge on any atom is -0.465 e. The van der Waals surface area contributed by atoms with Gasteiger partial charge in [-0.1, -0.05) is 19.3 Å². The number of fused-ring (bicyclic) bond motifs is 1. The Morgan fingerprint density at radius 3 is 2.48 bits per heavy atom. The first-order chi connectivity index (χ1) is 12.9. The molecule has 0 aromatic carbocycles. The molecule has 2 heterocycles. The molecule has 0 bridgehead atoms. The van der Waals surface area contributed by atoms with E-state index in [1.807, 2.05) is 0 Å². The van der Waals surface area contributed by atoms with Gasteiger partial charge >= 0.3 is 11.9 Å². The average Bonchev–Trinajstić information content (AvgIpc) is 2.88. The van der Waals surface area contributed by atoms with Crippen LogP contribution in [0.1, 0.15) is 46.0 Å². The molecule has 3 atom stereocenters. The second-order valence-corrected chi connectivity index (χ2v) is 7.11. The average molecular weight is 385 g/mol. The number of carbonyl (C=O) groups excluding carboxylic acids is 3. The molecule has 9 nitrogen and oxygen atoms in total. The minimum atomic E-state index is -2.52. The second-order valence-electron chi connectivity index (χ2n) is 7.11. The van der Waals surface area contributed by atoms with Crippen LogP contribution in [-0.2, 0) is 33.3 Å². The normalized spacial score (nSPS) is 34.3. The van der Waals surface area contributed by atoms with Gasteiger partial charge < -0.3 is 29.0 Å². The standard InChI is InChI=1S/C18H27NO8/c1-3-25-14(20)13-17(16(22)26-4-2)10-24-11-27-18(17,23)15(21)19(13)12-8-6-5-7-9-12/h12-13,23H,3-11H2,1-2H3/t13-,17-,18+/m0/s1. The fourth-order valence-corrected chi connectivity index (χ4v) is 4.44. The highest BCUT2D eigenvalue weighted by Crippen LogP contribution is 2.51. The lowest BCUT2D eigenvalue weighted by Gasteiger charge is -2.42. The van der Waals surface area contributed by atoms with Crippen molar-refractivity contribution in [3.8, 4) is 0 Å². The Bertz CT molecular complexity index is 604. The number of hydrogen-bond donors (Lipinski definition) is 1. The molecule has 3 rings (SSSR count). The van der Waals surface area contributed by atoms with Crippen LogP contribution in [0.2, 0.25) is 0 Å². The zero-order valence-electron chi connectivity index (χ0n) is 15.8. The van der Waals surface area contributed by atoms with Gasteiger partial charge in [0.05, 0.1) is 19.8 Å². The van der Waals surface area contributed by atoms with Crippen molar-refractivity contribution < 1.29 is 38.4 Å². The van der Waals surface area contributed by atoms with E-state index in [0.29, 0.717) is 12.8 Å². The van der Waals surface area contributed by atoms with Crippen molar-refractivity contribution in [2.75, 3.05) is 26.6 Å². The van der Waals surface area contributed by atoms with Gasteiger partial charge in [0.1, 0.15) is 0 Å². The molecule has 0 spiro atoms. The number of nitrogens with zero attached hydrogens (tertiary/aromatic N) is 1. The molecule has 152 valence electrons. The van der Waals surface area contributed by atoms with Crippen LogP contribution < -0.4 is 0 Å². The van der Waals surface area contributed by atoms with Gasteiger partial charge in [0.25, 0.3) is 11.7 Å². The number of rotatable bonds is 5. The summed E-state index contributed by atoms with van der Waals surface area (Å²) in [7, 11) is 0. The Balaban J connectivity index is 2.12. The molecule has 0 radical (unpaired) electrons. The predicted octanol–water partition coefficient (Wildman–Crippen LogP) is 0.335. The van der Waals surface area contributed by atoms with Crippen LogP contribution in [0.25, 0.3) is 0 Å². The monoisotopic (exact) mass is 385 g/mol. The third-order valence-electron chi connectivity index (χ3n) is 5.67. The first kappa shape index (κ1) is 20.0. The Hall–Kier alpha value is -1.71. The zero-order chi connectivity index (χ0) is 19.7. The Kier molecular flexibility index (Phi) is 5.73. The van der Waals surface area contributed by atoms with Crippen molar-refractivity contribution in [2.45, 2.75) is 63.8 Å². The van der Waals surface area contributed by atoms with E-state index in [4.69, 9.17) is 18.9 Å². The Morgan fingerprint density at radius 2 is 1.85 bits per heavy atom. The summed E-state index contributed by atoms with van der Waals surface area (Å²) in [4.78, 5) is 40.4. The van der Waals surface area contributed by atoms with Crippen LogP contribution >= 0.6 is 0 Å². The van der Waals surface area contributed by atoms with Crippen LogP contribution in [0.4, 0.5) is 0 Å². The van der Waals surface area contributed by atoms with E-state index >= 15 is 0 Å². The number of amides is 1. The molecule has 9 heteroatoms. The van der Waals surface area contributed by atoms with Crippen molar-refractivity contribution in [1.29, 1.82) is 0 Å². The molecule has 2 aliphatic heterocycles. The number of ether oxygens (including phenoxy) is 4. The molecule has 0 aromatic heterocycles. The second kappa shape index (κ2) is 7.73. The van der Waals surface area contributed by atoms with Crippen LogP contribution in [0.3, 0.4) is 0 Å². The molecule has 0 aromatic rings. The predicted molar refractivity (Wildman–Crippen MR) is 90.1 cm³/mol. The van der Waals surface area contributed by atoms with E-state index < -0.39 is 35.1 Å². The quantitative estimate of drug-likeness (QED) is 0.674. The minimum absolute atomic E-state index is 0.0177. The smallest absolute Gasteiger partial charge is 0.330 e. The van der Waals surface area contributed by atoms with Crippen molar-refractivity contribution in [3.05, 3.63) is 0 Å². The van der Waals surface area contributed by atoms with Gasteiger partial charge in [-0.3, -0.25) is 9.59 Å². The summed E-state index contributed by atoms with van der Waals surface area (Å²) < 4.78 is 20.9. The Morgan fingerprint density at radius 1 is 1.19 bits per heavy atom. The summed E-state index contributed by atoms with van der Waals surface area (Å²) in [6, 6.07) is -1.65. The maximum atomic E-state index is 13.3. The van der Waals surface area contributed by atoms with Gasteiger partial charge in [0.15, 0.2) is 18.2 Å². The van der Waals surface area contributed by atoms with Crippen LogP contribution in [0, 0.1) is 5.41 Å². The SMILES string of the molecule is CCOC(=O)[C@@H]1N(C2CCCCC2)C(=O)[C@@]2(O)OCOC[C@@]12C(=O)OCC. The van der Waals surface area contributed by atoms with Gasteiger partial charge in [0.2, 0.25) is 0 Å². The molecule has 0 unspecified atom stereocenters. The van der Waals surface area contributed by atoms with Crippen molar-refractivity contribution in [3.63, 3.8) is 0 Å². The Labute approximate surface area is 157 Å². The lowest BCUT2D eigenvalue weighted by atomic mass is 9.75. The number of hydrogen-bond acceptors (Lipinski definition) is 8. The highest BCUT2D eigenvalue weighted by atomic mass is 16.7. The van der Waals surface area contributed by atoms with Gasteiger partial charge in [0, 0.05) is 6.04 Å². The van der Waals surface area contributed by atoms with Gasteiger partial charge in [-0.2, -0.15) is 0 Å². The summed E-state index contributed by atoms with van der Waals surface area (Å²) >= 11 is 0. The summed E-state index contributed by atoms with van der Waals surface area (Å²) in [5, 5.41) is 11.2. The van der Waals surface area contributed by atoms with Gasteiger partial charge in [-0.25, -0.2) is 4.79 Å². The number of esters is 2. The summed E-state index contributed by atoms with van der Waals surface area (Å²) in [5.74, 6) is -5.00. The largest absolute Gasteiger partial charge is 0.465 e. The van der Waals surface area contributed by atoms with Crippen molar-refractivity contribution in [1.82, 2.24) is 4.90 Å². The molecule has 1 amide bonds. The topological polar surface area (TPSA) is 112 Å². The molecule has 3 fully saturated rings. The maximum Gasteiger partial charge on any atom is 0.330 e. The third kappa shape index (κ3) is 2.92. The van der Waals surface area contributed by atoms with E-state index in [1.54, 1.807) is 13.8 Å². The van der Waals surface area contributed by atoms with Crippen LogP contribution in [0.15, 0.2) is 0 Å². The van der Waals surface area contributed by atoms with Gasteiger partial charge in [-0.15, -0.1) is 0 Å². The van der Waals surface area contributed by atoms with E-state index in [1.165, 1.54) is 4.90 Å². The molecule has 3 aliphatic rings. The van der Waals surface area contributed by atoms with Crippen LogP contribution in [0.5, 0.6) is 0 Å².